The average molecular weight is 174 g/mol. The van der Waals surface area contributed by atoms with Crippen LogP contribution in [0, 0.1) is 0 Å². The van der Waals surface area contributed by atoms with Crippen LogP contribution in [0.1, 0.15) is 12.8 Å². The molecule has 0 aromatic carbocycles. The molecule has 1 amide bonds. The number of hydrogen-bond acceptors (Lipinski definition) is 2. The largest absolute Gasteiger partial charge is 0.366 e. The minimum Gasteiger partial charge on any atom is -0.366 e. The number of aliphatic imine (C=N–C) groups is 1. The Bertz CT molecular complexity index is 372. The van der Waals surface area contributed by atoms with Crippen molar-refractivity contribution in [2.75, 3.05) is 0 Å². The van der Waals surface area contributed by atoms with Crippen LogP contribution in [0.4, 0.5) is 0 Å². The third-order valence-corrected chi connectivity index (χ3v) is 2.16. The SMILES string of the molecule is NC(=O)C1=CN=C2C=CCC=C2C1. The Morgan fingerprint density at radius 3 is 3.15 bits per heavy atom. The van der Waals surface area contributed by atoms with Gasteiger partial charge in [-0.3, -0.25) is 9.79 Å². The van der Waals surface area contributed by atoms with E-state index >= 15 is 0 Å². The molecule has 0 aromatic heterocycles. The van der Waals surface area contributed by atoms with E-state index in [2.05, 4.69) is 11.1 Å². The molecule has 0 saturated heterocycles. The molecule has 0 unspecified atom stereocenters. The van der Waals surface area contributed by atoms with Crippen LogP contribution in [-0.2, 0) is 4.79 Å². The van der Waals surface area contributed by atoms with E-state index in [9.17, 15) is 4.79 Å². The third-order valence-electron chi connectivity index (χ3n) is 2.16. The van der Waals surface area contributed by atoms with E-state index in [-0.39, 0.29) is 5.91 Å². The number of carbonyl (C=O) groups excluding carboxylic acids is 1. The Kier molecular flexibility index (Phi) is 1.85. The summed E-state index contributed by atoms with van der Waals surface area (Å²) in [5.41, 5.74) is 7.82. The number of allylic oxidation sites excluding steroid dienone is 4. The Morgan fingerprint density at radius 2 is 2.38 bits per heavy atom. The highest BCUT2D eigenvalue weighted by Gasteiger charge is 2.16. The molecule has 3 heteroatoms. The highest BCUT2D eigenvalue weighted by molar-refractivity contribution is 6.12. The highest BCUT2D eigenvalue weighted by Crippen LogP contribution is 2.21. The molecule has 0 radical (unpaired) electrons. The van der Waals surface area contributed by atoms with E-state index in [4.69, 9.17) is 5.73 Å². The zero-order valence-electron chi connectivity index (χ0n) is 7.16. The number of amides is 1. The van der Waals surface area contributed by atoms with E-state index in [1.807, 2.05) is 12.2 Å². The number of primary amides is 1. The molecule has 2 aliphatic rings. The van der Waals surface area contributed by atoms with E-state index < -0.39 is 0 Å². The summed E-state index contributed by atoms with van der Waals surface area (Å²) < 4.78 is 0. The van der Waals surface area contributed by atoms with Crippen LogP contribution in [0.5, 0.6) is 0 Å². The van der Waals surface area contributed by atoms with E-state index in [0.717, 1.165) is 17.7 Å². The summed E-state index contributed by atoms with van der Waals surface area (Å²) in [5, 5.41) is 0. The lowest BCUT2D eigenvalue weighted by Crippen LogP contribution is -2.18. The lowest BCUT2D eigenvalue weighted by atomic mass is 9.94. The van der Waals surface area contributed by atoms with E-state index in [1.54, 1.807) is 6.20 Å². The number of hydrogen-bond donors (Lipinski definition) is 1. The maximum atomic E-state index is 10.9. The second-order valence-corrected chi connectivity index (χ2v) is 3.08. The van der Waals surface area contributed by atoms with Crippen molar-refractivity contribution in [2.24, 2.45) is 10.7 Å². The van der Waals surface area contributed by atoms with Gasteiger partial charge >= 0.3 is 0 Å². The summed E-state index contributed by atoms with van der Waals surface area (Å²) >= 11 is 0. The lowest BCUT2D eigenvalue weighted by molar-refractivity contribution is -0.114. The predicted molar refractivity (Wildman–Crippen MR) is 51.2 cm³/mol. The molecule has 0 saturated carbocycles. The molecule has 2 rings (SSSR count). The van der Waals surface area contributed by atoms with Crippen LogP contribution in [0.2, 0.25) is 0 Å². The number of carbonyl (C=O) groups is 1. The number of rotatable bonds is 1. The first kappa shape index (κ1) is 7.98. The number of fused-ring (bicyclic) bond motifs is 1. The molecule has 0 atom stereocenters. The van der Waals surface area contributed by atoms with Gasteiger partial charge in [-0.25, -0.2) is 0 Å². The van der Waals surface area contributed by atoms with Crippen LogP contribution in [0.3, 0.4) is 0 Å². The summed E-state index contributed by atoms with van der Waals surface area (Å²) in [5.74, 6) is -0.377. The maximum absolute atomic E-state index is 10.9. The fourth-order valence-electron chi connectivity index (χ4n) is 1.44. The van der Waals surface area contributed by atoms with Gasteiger partial charge in [0.15, 0.2) is 0 Å². The first-order valence-electron chi connectivity index (χ1n) is 4.20. The molecule has 0 bridgehead atoms. The minimum atomic E-state index is -0.377. The van der Waals surface area contributed by atoms with Crippen molar-refractivity contribution >= 4 is 11.6 Å². The maximum Gasteiger partial charge on any atom is 0.246 e. The first-order chi connectivity index (χ1) is 6.27. The molecule has 2 N–H and O–H groups in total. The van der Waals surface area contributed by atoms with Gasteiger partial charge in [0.25, 0.3) is 0 Å². The normalized spacial score (nSPS) is 19.8. The van der Waals surface area contributed by atoms with Gasteiger partial charge in [0, 0.05) is 18.2 Å². The summed E-state index contributed by atoms with van der Waals surface area (Å²) in [6.07, 6.45) is 9.20. The molecule has 0 aromatic rings. The van der Waals surface area contributed by atoms with Crippen molar-refractivity contribution in [3.05, 3.63) is 35.6 Å². The molecule has 3 nitrogen and oxygen atoms in total. The Morgan fingerprint density at radius 1 is 1.54 bits per heavy atom. The first-order valence-corrected chi connectivity index (χ1v) is 4.20. The van der Waals surface area contributed by atoms with Crippen LogP contribution < -0.4 is 5.73 Å². The van der Waals surface area contributed by atoms with Crippen LogP contribution in [0.15, 0.2) is 40.6 Å². The minimum absolute atomic E-state index is 0.377. The fourth-order valence-corrected chi connectivity index (χ4v) is 1.44. The third kappa shape index (κ3) is 1.45. The Balaban J connectivity index is 2.34. The van der Waals surface area contributed by atoms with Gasteiger partial charge in [-0.2, -0.15) is 0 Å². The van der Waals surface area contributed by atoms with Crippen molar-refractivity contribution in [1.82, 2.24) is 0 Å². The number of nitrogens with two attached hydrogens (primary N) is 1. The molecule has 1 aliphatic carbocycles. The van der Waals surface area contributed by atoms with Gasteiger partial charge in [0.05, 0.1) is 5.71 Å². The van der Waals surface area contributed by atoms with Gasteiger partial charge < -0.3 is 5.73 Å². The van der Waals surface area contributed by atoms with Gasteiger partial charge in [-0.15, -0.1) is 0 Å². The highest BCUT2D eigenvalue weighted by atomic mass is 16.1. The Labute approximate surface area is 76.3 Å². The predicted octanol–water partition coefficient (Wildman–Crippen LogP) is 1.09. The zero-order chi connectivity index (χ0) is 9.26. The second-order valence-electron chi connectivity index (χ2n) is 3.08. The van der Waals surface area contributed by atoms with Crippen molar-refractivity contribution in [3.8, 4) is 0 Å². The molecule has 66 valence electrons. The lowest BCUT2D eigenvalue weighted by Gasteiger charge is -2.15. The number of nitrogens with zero attached hydrogens (tertiary/aromatic N) is 1. The summed E-state index contributed by atoms with van der Waals surface area (Å²) in [6, 6.07) is 0. The average Bonchev–Trinajstić information content (AvgIpc) is 2.17. The summed E-state index contributed by atoms with van der Waals surface area (Å²) in [6.45, 7) is 0. The van der Waals surface area contributed by atoms with Crippen molar-refractivity contribution in [2.45, 2.75) is 12.8 Å². The summed E-state index contributed by atoms with van der Waals surface area (Å²) in [4.78, 5) is 15.0. The Hall–Kier alpha value is -1.64. The van der Waals surface area contributed by atoms with Gasteiger partial charge in [0.1, 0.15) is 0 Å². The smallest absolute Gasteiger partial charge is 0.246 e. The van der Waals surface area contributed by atoms with Crippen molar-refractivity contribution in [1.29, 1.82) is 0 Å². The molecular weight excluding hydrogens is 164 g/mol. The molecule has 13 heavy (non-hydrogen) atoms. The molecular formula is C10H10N2O. The second kappa shape index (κ2) is 3.01. The van der Waals surface area contributed by atoms with Gasteiger partial charge in [-0.05, 0) is 18.1 Å². The van der Waals surface area contributed by atoms with Crippen molar-refractivity contribution in [3.63, 3.8) is 0 Å². The van der Waals surface area contributed by atoms with Gasteiger partial charge in [0.2, 0.25) is 5.91 Å². The monoisotopic (exact) mass is 174 g/mol. The quantitative estimate of drug-likeness (QED) is 0.635. The molecule has 0 spiro atoms. The molecule has 1 heterocycles. The fraction of sp³-hybridized carbons (Fsp3) is 0.200. The van der Waals surface area contributed by atoms with E-state index in [0.29, 0.717) is 12.0 Å². The topological polar surface area (TPSA) is 55.5 Å². The van der Waals surface area contributed by atoms with Crippen molar-refractivity contribution < 1.29 is 4.79 Å². The van der Waals surface area contributed by atoms with Crippen LogP contribution >= 0.6 is 0 Å². The standard InChI is InChI=1S/C10H10N2O/c11-10(13)8-5-7-3-1-2-4-9(7)12-6-8/h2-4,6H,1,5H2,(H2,11,13). The molecule has 0 fully saturated rings. The van der Waals surface area contributed by atoms with Gasteiger partial charge in [-0.1, -0.05) is 12.2 Å². The van der Waals surface area contributed by atoms with E-state index in [1.165, 1.54) is 0 Å². The molecule has 1 aliphatic heterocycles. The zero-order valence-corrected chi connectivity index (χ0v) is 7.16. The summed E-state index contributed by atoms with van der Waals surface area (Å²) in [7, 11) is 0. The van der Waals surface area contributed by atoms with Crippen LogP contribution in [-0.4, -0.2) is 11.6 Å². The van der Waals surface area contributed by atoms with Crippen LogP contribution in [0.25, 0.3) is 0 Å².